The van der Waals surface area contributed by atoms with Crippen molar-refractivity contribution in [1.29, 1.82) is 0 Å². The number of hydrogen-bond acceptors (Lipinski definition) is 5. The summed E-state index contributed by atoms with van der Waals surface area (Å²) in [6.45, 7) is 0.0751. The van der Waals surface area contributed by atoms with Gasteiger partial charge in [-0.05, 0) is 31.0 Å². The Bertz CT molecular complexity index is 667. The summed E-state index contributed by atoms with van der Waals surface area (Å²) < 4.78 is 5.35. The first-order valence-electron chi connectivity index (χ1n) is 6.88. The Kier molecular flexibility index (Phi) is 3.07. The van der Waals surface area contributed by atoms with Crippen LogP contribution in [0.5, 0.6) is 5.75 Å². The lowest BCUT2D eigenvalue weighted by atomic mass is 10.1. The predicted molar refractivity (Wildman–Crippen MR) is 83.2 cm³/mol. The van der Waals surface area contributed by atoms with Gasteiger partial charge < -0.3 is 10.1 Å². The summed E-state index contributed by atoms with van der Waals surface area (Å²) >= 11 is 1.66. The molecule has 0 saturated heterocycles. The van der Waals surface area contributed by atoms with Crippen molar-refractivity contribution in [3.8, 4) is 5.75 Å². The SMILES string of the molecule is O=C1COc2ccc(C3=NNC(=NC4CC4)SC3)cc2N1. The molecule has 21 heavy (non-hydrogen) atoms. The van der Waals surface area contributed by atoms with Crippen LogP contribution in [0.15, 0.2) is 28.3 Å². The number of carbonyl (C=O) groups excluding carboxylic acids is 1. The van der Waals surface area contributed by atoms with E-state index in [0.29, 0.717) is 17.5 Å². The average molecular weight is 302 g/mol. The Morgan fingerprint density at radius 3 is 3.05 bits per heavy atom. The maximum absolute atomic E-state index is 11.4. The molecule has 2 heterocycles. The van der Waals surface area contributed by atoms with Crippen LogP contribution in [0.1, 0.15) is 18.4 Å². The van der Waals surface area contributed by atoms with Crippen LogP contribution in [0.3, 0.4) is 0 Å². The van der Waals surface area contributed by atoms with Gasteiger partial charge in [-0.25, -0.2) is 0 Å². The topological polar surface area (TPSA) is 75.1 Å². The molecule has 6 nitrogen and oxygen atoms in total. The van der Waals surface area contributed by atoms with Crippen molar-refractivity contribution in [3.05, 3.63) is 23.8 Å². The standard InChI is InChI=1S/C14H14N4O2S/c19-13-6-20-12-4-1-8(5-10(12)16-13)11-7-21-14(18-17-11)15-9-2-3-9/h1,4-5,9H,2-3,6-7H2,(H,15,18)(H,16,19). The van der Waals surface area contributed by atoms with E-state index in [2.05, 4.69) is 20.8 Å². The zero-order valence-corrected chi connectivity index (χ0v) is 12.1. The largest absolute Gasteiger partial charge is 0.482 e. The monoisotopic (exact) mass is 302 g/mol. The third-order valence-electron chi connectivity index (χ3n) is 3.42. The van der Waals surface area contributed by atoms with E-state index < -0.39 is 0 Å². The molecule has 0 spiro atoms. The van der Waals surface area contributed by atoms with Crippen LogP contribution in [-0.2, 0) is 4.79 Å². The second-order valence-electron chi connectivity index (χ2n) is 5.17. The zero-order chi connectivity index (χ0) is 14.2. The zero-order valence-electron chi connectivity index (χ0n) is 11.3. The lowest BCUT2D eigenvalue weighted by Crippen LogP contribution is -2.27. The fourth-order valence-corrected chi connectivity index (χ4v) is 3.00. The van der Waals surface area contributed by atoms with E-state index in [1.807, 2.05) is 18.2 Å². The summed E-state index contributed by atoms with van der Waals surface area (Å²) in [5.74, 6) is 1.34. The molecule has 2 N–H and O–H groups in total. The number of anilines is 1. The van der Waals surface area contributed by atoms with Gasteiger partial charge in [-0.3, -0.25) is 15.2 Å². The van der Waals surface area contributed by atoms with E-state index in [-0.39, 0.29) is 12.5 Å². The van der Waals surface area contributed by atoms with Crippen molar-refractivity contribution in [2.24, 2.45) is 10.1 Å². The smallest absolute Gasteiger partial charge is 0.262 e. The van der Waals surface area contributed by atoms with Crippen LogP contribution in [0.25, 0.3) is 0 Å². The molecule has 2 aliphatic heterocycles. The first-order chi connectivity index (χ1) is 10.3. The van der Waals surface area contributed by atoms with Crippen molar-refractivity contribution >= 4 is 34.2 Å². The summed E-state index contributed by atoms with van der Waals surface area (Å²) in [5.41, 5.74) is 5.63. The number of rotatable bonds is 2. The van der Waals surface area contributed by atoms with Crippen LogP contribution < -0.4 is 15.5 Å². The highest BCUT2D eigenvalue weighted by Crippen LogP contribution is 2.30. The number of hydrazone groups is 1. The summed E-state index contributed by atoms with van der Waals surface area (Å²) in [7, 11) is 0. The number of ether oxygens (including phenoxy) is 1. The molecule has 0 atom stereocenters. The highest BCUT2D eigenvalue weighted by molar-refractivity contribution is 8.14. The van der Waals surface area contributed by atoms with Gasteiger partial charge in [0.05, 0.1) is 17.4 Å². The molecule has 0 bridgehead atoms. The van der Waals surface area contributed by atoms with E-state index in [9.17, 15) is 4.79 Å². The third kappa shape index (κ3) is 2.73. The van der Waals surface area contributed by atoms with Gasteiger partial charge in [0.2, 0.25) is 0 Å². The molecule has 3 aliphatic rings. The van der Waals surface area contributed by atoms with Crippen molar-refractivity contribution in [1.82, 2.24) is 5.43 Å². The molecule has 1 fully saturated rings. The fourth-order valence-electron chi connectivity index (χ4n) is 2.16. The molecular formula is C14H14N4O2S. The van der Waals surface area contributed by atoms with Crippen molar-refractivity contribution in [2.45, 2.75) is 18.9 Å². The number of benzene rings is 1. The minimum absolute atomic E-state index is 0.0751. The molecule has 1 saturated carbocycles. The minimum atomic E-state index is -0.128. The van der Waals surface area contributed by atoms with Crippen LogP contribution in [0.4, 0.5) is 5.69 Å². The molecule has 1 aliphatic carbocycles. The fraction of sp³-hybridized carbons (Fsp3) is 0.357. The molecule has 0 unspecified atom stereocenters. The molecule has 4 rings (SSSR count). The van der Waals surface area contributed by atoms with E-state index in [1.165, 1.54) is 12.8 Å². The molecule has 1 aromatic rings. The number of amidine groups is 1. The molecule has 1 aromatic carbocycles. The van der Waals surface area contributed by atoms with E-state index in [1.54, 1.807) is 11.8 Å². The van der Waals surface area contributed by atoms with Gasteiger partial charge in [0.25, 0.3) is 5.91 Å². The summed E-state index contributed by atoms with van der Waals surface area (Å²) in [6.07, 6.45) is 2.37. The summed E-state index contributed by atoms with van der Waals surface area (Å²) in [4.78, 5) is 15.9. The minimum Gasteiger partial charge on any atom is -0.482 e. The van der Waals surface area contributed by atoms with Gasteiger partial charge in [0, 0.05) is 11.3 Å². The number of fused-ring (bicyclic) bond motifs is 1. The molecule has 7 heteroatoms. The molecule has 0 aromatic heterocycles. The van der Waals surface area contributed by atoms with Crippen molar-refractivity contribution in [3.63, 3.8) is 0 Å². The Hall–Kier alpha value is -2.02. The lowest BCUT2D eigenvalue weighted by molar-refractivity contribution is -0.118. The highest BCUT2D eigenvalue weighted by Gasteiger charge is 2.23. The van der Waals surface area contributed by atoms with Gasteiger partial charge >= 0.3 is 0 Å². The molecular weight excluding hydrogens is 288 g/mol. The second-order valence-corrected chi connectivity index (χ2v) is 6.14. The Morgan fingerprint density at radius 1 is 1.38 bits per heavy atom. The number of thioether (sulfide) groups is 1. The number of aliphatic imine (C=N–C) groups is 1. The van der Waals surface area contributed by atoms with Crippen molar-refractivity contribution in [2.75, 3.05) is 17.7 Å². The maximum atomic E-state index is 11.4. The van der Waals surface area contributed by atoms with Crippen LogP contribution in [-0.4, -0.2) is 35.2 Å². The van der Waals surface area contributed by atoms with E-state index in [0.717, 1.165) is 22.2 Å². The van der Waals surface area contributed by atoms with Gasteiger partial charge in [-0.1, -0.05) is 11.8 Å². The van der Waals surface area contributed by atoms with Crippen molar-refractivity contribution < 1.29 is 9.53 Å². The van der Waals surface area contributed by atoms with Gasteiger partial charge in [-0.2, -0.15) is 5.10 Å². The summed E-state index contributed by atoms with van der Waals surface area (Å²) in [5, 5.41) is 8.10. The molecule has 0 radical (unpaired) electrons. The Labute approximate surface area is 126 Å². The van der Waals surface area contributed by atoms with Crippen LogP contribution in [0.2, 0.25) is 0 Å². The number of nitrogens with one attached hydrogen (secondary N) is 2. The predicted octanol–water partition coefficient (Wildman–Crippen LogP) is 1.58. The maximum Gasteiger partial charge on any atom is 0.262 e. The number of nitrogens with zero attached hydrogens (tertiary/aromatic N) is 2. The number of carbonyl (C=O) groups is 1. The van der Waals surface area contributed by atoms with Crippen LogP contribution in [0, 0.1) is 0 Å². The van der Waals surface area contributed by atoms with Gasteiger partial charge in [0.1, 0.15) is 5.75 Å². The van der Waals surface area contributed by atoms with Crippen LogP contribution >= 0.6 is 11.8 Å². The second kappa shape index (κ2) is 5.07. The Morgan fingerprint density at radius 2 is 2.29 bits per heavy atom. The molecule has 1 amide bonds. The number of amides is 1. The van der Waals surface area contributed by atoms with E-state index >= 15 is 0 Å². The van der Waals surface area contributed by atoms with Gasteiger partial charge in [-0.15, -0.1) is 0 Å². The van der Waals surface area contributed by atoms with E-state index in [4.69, 9.17) is 4.74 Å². The lowest BCUT2D eigenvalue weighted by Gasteiger charge is -2.20. The quantitative estimate of drug-likeness (QED) is 0.869. The third-order valence-corrected chi connectivity index (χ3v) is 4.31. The Balaban J connectivity index is 1.55. The number of hydrogen-bond donors (Lipinski definition) is 2. The first-order valence-corrected chi connectivity index (χ1v) is 7.87. The molecule has 108 valence electrons. The average Bonchev–Trinajstić information content (AvgIpc) is 3.31. The van der Waals surface area contributed by atoms with Gasteiger partial charge in [0.15, 0.2) is 11.8 Å². The summed E-state index contributed by atoms with van der Waals surface area (Å²) in [6, 6.07) is 6.22. The first kappa shape index (κ1) is 12.7. The normalized spacial score (nSPS) is 22.8. The highest BCUT2D eigenvalue weighted by atomic mass is 32.2.